The Bertz CT molecular complexity index is 205. The second-order valence-electron chi connectivity index (χ2n) is 3.96. The van der Waals surface area contributed by atoms with E-state index in [0.717, 1.165) is 6.92 Å². The number of halogens is 2. The molecule has 0 aromatic rings. The maximum absolute atomic E-state index is 12.9. The Morgan fingerprint density at radius 1 is 1.43 bits per heavy atom. The molecule has 1 fully saturated rings. The molecule has 1 amide bonds. The molecule has 0 saturated carbocycles. The van der Waals surface area contributed by atoms with Crippen LogP contribution in [0.15, 0.2) is 0 Å². The lowest BCUT2D eigenvalue weighted by atomic mass is 9.91. The van der Waals surface area contributed by atoms with Crippen molar-refractivity contribution < 1.29 is 13.6 Å². The molecule has 0 radical (unpaired) electrons. The highest BCUT2D eigenvalue weighted by atomic mass is 19.3. The van der Waals surface area contributed by atoms with Gasteiger partial charge in [-0.15, -0.1) is 0 Å². The average molecular weight is 205 g/mol. The number of nitrogens with zero attached hydrogens (tertiary/aromatic N) is 1. The van der Waals surface area contributed by atoms with Crippen LogP contribution in [0.25, 0.3) is 0 Å². The number of carbonyl (C=O) groups excluding carboxylic acids is 1. The maximum Gasteiger partial charge on any atom is 0.248 e. The Balaban J connectivity index is 2.43. The minimum Gasteiger partial charge on any atom is -0.343 e. The monoisotopic (exact) mass is 205 g/mol. The first-order valence-electron chi connectivity index (χ1n) is 5.10. The Hall–Kier alpha value is -0.670. The van der Waals surface area contributed by atoms with E-state index in [4.69, 9.17) is 0 Å². The van der Waals surface area contributed by atoms with E-state index in [1.165, 1.54) is 0 Å². The first-order valence-corrected chi connectivity index (χ1v) is 5.10. The fourth-order valence-electron chi connectivity index (χ4n) is 1.86. The summed E-state index contributed by atoms with van der Waals surface area (Å²) in [7, 11) is 0. The highest BCUT2D eigenvalue weighted by Crippen LogP contribution is 2.32. The summed E-state index contributed by atoms with van der Waals surface area (Å²) in [4.78, 5) is 12.9. The molecule has 0 aromatic heterocycles. The summed E-state index contributed by atoms with van der Waals surface area (Å²) in [6, 6.07) is 0. The minimum atomic E-state index is -2.60. The largest absolute Gasteiger partial charge is 0.343 e. The summed E-state index contributed by atoms with van der Waals surface area (Å²) in [5.74, 6) is -3.08. The SMILES string of the molecule is CCC(=O)N1CCC(C(C)(F)F)CC1. The van der Waals surface area contributed by atoms with Crippen LogP contribution in [0.3, 0.4) is 0 Å². The van der Waals surface area contributed by atoms with Crippen molar-refractivity contribution in [1.29, 1.82) is 0 Å². The van der Waals surface area contributed by atoms with Crippen LogP contribution in [0.1, 0.15) is 33.1 Å². The molecule has 1 heterocycles. The molecule has 1 saturated heterocycles. The number of hydrogen-bond acceptors (Lipinski definition) is 1. The van der Waals surface area contributed by atoms with Crippen LogP contribution in [-0.4, -0.2) is 29.8 Å². The van der Waals surface area contributed by atoms with Gasteiger partial charge in [-0.25, -0.2) is 8.78 Å². The lowest BCUT2D eigenvalue weighted by Gasteiger charge is -2.34. The van der Waals surface area contributed by atoms with Crippen LogP contribution in [0.2, 0.25) is 0 Å². The van der Waals surface area contributed by atoms with E-state index in [1.54, 1.807) is 11.8 Å². The van der Waals surface area contributed by atoms with Crippen molar-refractivity contribution in [1.82, 2.24) is 4.90 Å². The molecule has 0 aromatic carbocycles. The van der Waals surface area contributed by atoms with E-state index >= 15 is 0 Å². The van der Waals surface area contributed by atoms with Crippen molar-refractivity contribution in [2.24, 2.45) is 5.92 Å². The number of likely N-dealkylation sites (tertiary alicyclic amines) is 1. The van der Waals surface area contributed by atoms with E-state index in [0.29, 0.717) is 32.4 Å². The van der Waals surface area contributed by atoms with E-state index < -0.39 is 11.8 Å². The van der Waals surface area contributed by atoms with Gasteiger partial charge in [0.2, 0.25) is 11.8 Å². The Labute approximate surface area is 83.3 Å². The summed E-state index contributed by atoms with van der Waals surface area (Å²) in [6.07, 6.45) is 1.32. The molecular formula is C10H17F2NO. The third kappa shape index (κ3) is 2.66. The fraction of sp³-hybridized carbons (Fsp3) is 0.900. The van der Waals surface area contributed by atoms with Crippen molar-refractivity contribution in [3.63, 3.8) is 0 Å². The Morgan fingerprint density at radius 2 is 1.93 bits per heavy atom. The molecule has 0 aliphatic carbocycles. The number of alkyl halides is 2. The van der Waals surface area contributed by atoms with Gasteiger partial charge < -0.3 is 4.90 Å². The molecule has 0 spiro atoms. The number of carbonyl (C=O) groups is 1. The normalized spacial score (nSPS) is 19.9. The molecule has 82 valence electrons. The third-order valence-corrected chi connectivity index (χ3v) is 2.87. The standard InChI is InChI=1S/C10H17F2NO/c1-3-9(14)13-6-4-8(5-7-13)10(2,11)12/h8H,3-7H2,1-2H3. The number of rotatable bonds is 2. The van der Waals surface area contributed by atoms with Crippen molar-refractivity contribution >= 4 is 5.91 Å². The molecule has 1 aliphatic rings. The molecule has 0 N–H and O–H groups in total. The van der Waals surface area contributed by atoms with Gasteiger partial charge in [0.15, 0.2) is 0 Å². The van der Waals surface area contributed by atoms with Crippen LogP contribution in [0.5, 0.6) is 0 Å². The zero-order valence-electron chi connectivity index (χ0n) is 8.72. The smallest absolute Gasteiger partial charge is 0.248 e. The van der Waals surface area contributed by atoms with Crippen molar-refractivity contribution in [2.45, 2.75) is 39.0 Å². The maximum atomic E-state index is 12.9. The van der Waals surface area contributed by atoms with E-state index in [-0.39, 0.29) is 5.91 Å². The number of amides is 1. The zero-order valence-corrected chi connectivity index (χ0v) is 8.72. The molecule has 0 bridgehead atoms. The first-order chi connectivity index (χ1) is 6.45. The van der Waals surface area contributed by atoms with Crippen LogP contribution >= 0.6 is 0 Å². The average Bonchev–Trinajstić information content (AvgIpc) is 2.15. The highest BCUT2D eigenvalue weighted by Gasteiger charge is 2.36. The second-order valence-corrected chi connectivity index (χ2v) is 3.96. The van der Waals surface area contributed by atoms with Gasteiger partial charge in [-0.3, -0.25) is 4.79 Å². The van der Waals surface area contributed by atoms with Crippen LogP contribution < -0.4 is 0 Å². The quantitative estimate of drug-likeness (QED) is 0.677. The number of piperidine rings is 1. The predicted octanol–water partition coefficient (Wildman–Crippen LogP) is 2.29. The van der Waals surface area contributed by atoms with Gasteiger partial charge in [-0.1, -0.05) is 6.92 Å². The zero-order chi connectivity index (χ0) is 10.8. The van der Waals surface area contributed by atoms with Crippen molar-refractivity contribution in [3.8, 4) is 0 Å². The van der Waals surface area contributed by atoms with E-state index in [9.17, 15) is 13.6 Å². The van der Waals surface area contributed by atoms with Gasteiger partial charge in [0.25, 0.3) is 0 Å². The fourth-order valence-corrected chi connectivity index (χ4v) is 1.86. The summed E-state index contributed by atoms with van der Waals surface area (Å²) in [5.41, 5.74) is 0. The van der Waals surface area contributed by atoms with E-state index in [2.05, 4.69) is 0 Å². The minimum absolute atomic E-state index is 0.0721. The second kappa shape index (κ2) is 4.24. The molecular weight excluding hydrogens is 188 g/mol. The summed E-state index contributed by atoms with van der Waals surface area (Å²) < 4.78 is 25.8. The predicted molar refractivity (Wildman–Crippen MR) is 50.2 cm³/mol. The van der Waals surface area contributed by atoms with Crippen LogP contribution in [0.4, 0.5) is 8.78 Å². The van der Waals surface area contributed by atoms with Gasteiger partial charge in [0.05, 0.1) is 0 Å². The molecule has 1 aliphatic heterocycles. The summed E-state index contributed by atoms with van der Waals surface area (Å²) in [6.45, 7) is 3.74. The van der Waals surface area contributed by atoms with Gasteiger partial charge in [-0.2, -0.15) is 0 Å². The van der Waals surface area contributed by atoms with Gasteiger partial charge in [0, 0.05) is 25.4 Å². The van der Waals surface area contributed by atoms with Crippen LogP contribution in [0, 0.1) is 5.92 Å². The molecule has 2 nitrogen and oxygen atoms in total. The van der Waals surface area contributed by atoms with Crippen molar-refractivity contribution in [2.75, 3.05) is 13.1 Å². The Kier molecular flexibility index (Phi) is 3.45. The summed E-state index contributed by atoms with van der Waals surface area (Å²) >= 11 is 0. The first kappa shape index (κ1) is 11.4. The Morgan fingerprint density at radius 3 is 2.29 bits per heavy atom. The lowest BCUT2D eigenvalue weighted by Crippen LogP contribution is -2.42. The van der Waals surface area contributed by atoms with Gasteiger partial charge >= 0.3 is 0 Å². The van der Waals surface area contributed by atoms with Crippen molar-refractivity contribution in [3.05, 3.63) is 0 Å². The third-order valence-electron chi connectivity index (χ3n) is 2.87. The molecule has 4 heteroatoms. The topological polar surface area (TPSA) is 20.3 Å². The highest BCUT2D eigenvalue weighted by molar-refractivity contribution is 5.75. The lowest BCUT2D eigenvalue weighted by molar-refractivity contribution is -0.135. The van der Waals surface area contributed by atoms with E-state index in [1.807, 2.05) is 0 Å². The van der Waals surface area contributed by atoms with Gasteiger partial charge in [0.1, 0.15) is 0 Å². The molecule has 0 atom stereocenters. The molecule has 0 unspecified atom stereocenters. The summed E-state index contributed by atoms with van der Waals surface area (Å²) in [5, 5.41) is 0. The van der Waals surface area contributed by atoms with Gasteiger partial charge in [-0.05, 0) is 19.8 Å². The molecule has 14 heavy (non-hydrogen) atoms. The van der Waals surface area contributed by atoms with Crippen LogP contribution in [-0.2, 0) is 4.79 Å². The molecule has 1 rings (SSSR count). The number of hydrogen-bond donors (Lipinski definition) is 0.